The Kier molecular flexibility index (Phi) is 4.79. The molecule has 1 heterocycles. The highest BCUT2D eigenvalue weighted by molar-refractivity contribution is 5.81. The molecule has 0 bridgehead atoms. The maximum absolute atomic E-state index is 12.3. The molecule has 1 aliphatic rings. The van der Waals surface area contributed by atoms with Crippen molar-refractivity contribution in [2.24, 2.45) is 0 Å². The number of hydrogen-bond donors (Lipinski definition) is 1. The van der Waals surface area contributed by atoms with E-state index in [4.69, 9.17) is 0 Å². The molecule has 0 aliphatic carbocycles. The number of rotatable bonds is 4. The van der Waals surface area contributed by atoms with Crippen LogP contribution in [0.15, 0.2) is 54.6 Å². The highest BCUT2D eigenvalue weighted by atomic mass is 16.1. The maximum Gasteiger partial charge on any atom is 0.220 e. The van der Waals surface area contributed by atoms with Gasteiger partial charge >= 0.3 is 0 Å². The quantitative estimate of drug-likeness (QED) is 0.878. The van der Waals surface area contributed by atoms with Gasteiger partial charge in [-0.15, -0.1) is 0 Å². The van der Waals surface area contributed by atoms with E-state index in [9.17, 15) is 9.59 Å². The van der Waals surface area contributed by atoms with Gasteiger partial charge in [-0.05, 0) is 29.5 Å². The van der Waals surface area contributed by atoms with E-state index in [0.717, 1.165) is 23.8 Å². The number of aldehydes is 1. The van der Waals surface area contributed by atoms with Gasteiger partial charge in [0.05, 0.1) is 5.41 Å². The molecule has 2 atom stereocenters. The van der Waals surface area contributed by atoms with Crippen LogP contribution in [-0.4, -0.2) is 18.7 Å². The Hall–Kier alpha value is -2.42. The van der Waals surface area contributed by atoms with Crippen molar-refractivity contribution < 1.29 is 9.59 Å². The number of nitrogens with one attached hydrogen (secondary N) is 1. The van der Waals surface area contributed by atoms with Gasteiger partial charge in [-0.25, -0.2) is 0 Å². The molecular weight excluding hydrogens is 298 g/mol. The van der Waals surface area contributed by atoms with Crippen LogP contribution >= 0.6 is 0 Å². The summed E-state index contributed by atoms with van der Waals surface area (Å²) in [5, 5.41) is 2.93. The average Bonchev–Trinajstić information content (AvgIpc) is 2.82. The number of carbonyl (C=O) groups is 2. The third-order valence-electron chi connectivity index (χ3n) is 5.18. The summed E-state index contributed by atoms with van der Waals surface area (Å²) in [7, 11) is 0. The summed E-state index contributed by atoms with van der Waals surface area (Å²) >= 11 is 0. The van der Waals surface area contributed by atoms with Gasteiger partial charge in [0.25, 0.3) is 0 Å². The fraction of sp³-hybridized carbons (Fsp3) is 0.333. The monoisotopic (exact) mass is 321 g/mol. The van der Waals surface area contributed by atoms with E-state index in [2.05, 4.69) is 36.5 Å². The molecule has 0 saturated carbocycles. The van der Waals surface area contributed by atoms with Crippen LogP contribution in [0, 0.1) is 0 Å². The molecule has 124 valence electrons. The second kappa shape index (κ2) is 7.00. The lowest BCUT2D eigenvalue weighted by atomic mass is 9.65. The van der Waals surface area contributed by atoms with Crippen LogP contribution in [0.3, 0.4) is 0 Å². The molecule has 24 heavy (non-hydrogen) atoms. The predicted octanol–water partition coefficient (Wildman–Crippen LogP) is 3.38. The fourth-order valence-electron chi connectivity index (χ4n) is 3.73. The Morgan fingerprint density at radius 1 is 1.12 bits per heavy atom. The predicted molar refractivity (Wildman–Crippen MR) is 95.0 cm³/mol. The molecule has 0 spiro atoms. The summed E-state index contributed by atoms with van der Waals surface area (Å²) in [5.41, 5.74) is 2.62. The summed E-state index contributed by atoms with van der Waals surface area (Å²) in [6.07, 6.45) is 2.98. The SMILES string of the molecule is CCc1ccc([C@@]2(C=O)CCNC(=O)C[C@H]2c2ccccc2)cc1. The van der Waals surface area contributed by atoms with Crippen LogP contribution in [0.1, 0.15) is 42.4 Å². The van der Waals surface area contributed by atoms with E-state index >= 15 is 0 Å². The van der Waals surface area contributed by atoms with E-state index in [0.29, 0.717) is 19.4 Å². The number of benzene rings is 2. The molecule has 0 radical (unpaired) electrons. The standard InChI is InChI=1S/C21H23NO2/c1-2-16-8-10-18(11-9-16)21(15-23)12-13-22-20(24)14-19(21)17-6-4-3-5-7-17/h3-11,15,19H,2,12-14H2,1H3,(H,22,24)/t19-,21-/m0/s1. The van der Waals surface area contributed by atoms with Crippen molar-refractivity contribution >= 4 is 12.2 Å². The molecule has 1 amide bonds. The molecule has 3 heteroatoms. The summed E-state index contributed by atoms with van der Waals surface area (Å²) in [5.74, 6) is -0.135. The van der Waals surface area contributed by atoms with Crippen LogP contribution in [0.25, 0.3) is 0 Å². The first-order valence-electron chi connectivity index (χ1n) is 8.57. The maximum atomic E-state index is 12.3. The van der Waals surface area contributed by atoms with Gasteiger partial charge in [-0.1, -0.05) is 61.5 Å². The molecule has 3 nitrogen and oxygen atoms in total. The summed E-state index contributed by atoms with van der Waals surface area (Å²) in [4.78, 5) is 24.5. The van der Waals surface area contributed by atoms with Crippen molar-refractivity contribution in [3.63, 3.8) is 0 Å². The van der Waals surface area contributed by atoms with E-state index in [1.54, 1.807) is 0 Å². The number of aryl methyl sites for hydroxylation is 1. The Morgan fingerprint density at radius 2 is 1.83 bits per heavy atom. The smallest absolute Gasteiger partial charge is 0.220 e. The van der Waals surface area contributed by atoms with Crippen molar-refractivity contribution in [3.05, 3.63) is 71.3 Å². The van der Waals surface area contributed by atoms with Gasteiger partial charge < -0.3 is 10.1 Å². The zero-order valence-electron chi connectivity index (χ0n) is 14.0. The first-order valence-corrected chi connectivity index (χ1v) is 8.57. The van der Waals surface area contributed by atoms with Crippen molar-refractivity contribution in [3.8, 4) is 0 Å². The molecule has 2 aromatic rings. The van der Waals surface area contributed by atoms with Gasteiger partial charge in [-0.2, -0.15) is 0 Å². The zero-order valence-corrected chi connectivity index (χ0v) is 14.0. The van der Waals surface area contributed by atoms with E-state index in [-0.39, 0.29) is 11.8 Å². The van der Waals surface area contributed by atoms with Crippen LogP contribution in [-0.2, 0) is 21.4 Å². The Labute approximate surface area is 143 Å². The molecule has 0 unspecified atom stereocenters. The first kappa shape index (κ1) is 16.4. The Morgan fingerprint density at radius 3 is 2.46 bits per heavy atom. The van der Waals surface area contributed by atoms with Crippen LogP contribution in [0.2, 0.25) is 0 Å². The van der Waals surface area contributed by atoms with Crippen molar-refractivity contribution in [1.29, 1.82) is 0 Å². The molecule has 3 rings (SSSR count). The lowest BCUT2D eigenvalue weighted by Gasteiger charge is -2.35. The Bertz CT molecular complexity index is 708. The van der Waals surface area contributed by atoms with Gasteiger partial charge in [0, 0.05) is 18.9 Å². The highest BCUT2D eigenvalue weighted by Crippen LogP contribution is 2.43. The largest absolute Gasteiger partial charge is 0.356 e. The van der Waals surface area contributed by atoms with Crippen molar-refractivity contribution in [1.82, 2.24) is 5.32 Å². The Balaban J connectivity index is 2.11. The van der Waals surface area contributed by atoms with Crippen molar-refractivity contribution in [2.75, 3.05) is 6.54 Å². The van der Waals surface area contributed by atoms with Gasteiger partial charge in [-0.3, -0.25) is 4.79 Å². The van der Waals surface area contributed by atoms with Crippen LogP contribution < -0.4 is 5.32 Å². The second-order valence-corrected chi connectivity index (χ2v) is 6.48. The molecule has 1 fully saturated rings. The average molecular weight is 321 g/mol. The summed E-state index contributed by atoms with van der Waals surface area (Å²) in [6.45, 7) is 2.64. The molecule has 1 N–H and O–H groups in total. The molecular formula is C21H23NO2. The minimum atomic E-state index is -0.674. The minimum Gasteiger partial charge on any atom is -0.356 e. The molecule has 1 aliphatic heterocycles. The third-order valence-corrected chi connectivity index (χ3v) is 5.18. The minimum absolute atomic E-state index is 0.0118. The molecule has 0 aromatic heterocycles. The first-order chi connectivity index (χ1) is 11.7. The fourth-order valence-corrected chi connectivity index (χ4v) is 3.73. The van der Waals surface area contributed by atoms with Crippen LogP contribution in [0.5, 0.6) is 0 Å². The van der Waals surface area contributed by atoms with Crippen molar-refractivity contribution in [2.45, 2.75) is 37.5 Å². The normalized spacial score (nSPS) is 24.0. The number of amides is 1. The van der Waals surface area contributed by atoms with Gasteiger partial charge in [0.1, 0.15) is 6.29 Å². The zero-order chi connectivity index (χ0) is 17.0. The summed E-state index contributed by atoms with van der Waals surface area (Å²) in [6, 6.07) is 18.2. The number of carbonyl (C=O) groups excluding carboxylic acids is 2. The summed E-state index contributed by atoms with van der Waals surface area (Å²) < 4.78 is 0. The highest BCUT2D eigenvalue weighted by Gasteiger charge is 2.43. The second-order valence-electron chi connectivity index (χ2n) is 6.48. The van der Waals surface area contributed by atoms with E-state index in [1.807, 2.05) is 30.3 Å². The lowest BCUT2D eigenvalue weighted by Crippen LogP contribution is -2.36. The molecule has 2 aromatic carbocycles. The van der Waals surface area contributed by atoms with E-state index < -0.39 is 5.41 Å². The third kappa shape index (κ3) is 2.99. The van der Waals surface area contributed by atoms with Gasteiger partial charge in [0.2, 0.25) is 5.91 Å². The van der Waals surface area contributed by atoms with Crippen LogP contribution in [0.4, 0.5) is 0 Å². The van der Waals surface area contributed by atoms with Gasteiger partial charge in [0.15, 0.2) is 0 Å². The topological polar surface area (TPSA) is 46.2 Å². The molecule has 1 saturated heterocycles. The lowest BCUT2D eigenvalue weighted by molar-refractivity contribution is -0.121. The number of hydrogen-bond acceptors (Lipinski definition) is 2. The van der Waals surface area contributed by atoms with E-state index in [1.165, 1.54) is 5.56 Å².